The molecule has 0 aliphatic heterocycles. The second-order valence-corrected chi connectivity index (χ2v) is 5.53. The second kappa shape index (κ2) is 7.73. The minimum absolute atomic E-state index is 0.137. The molecular formula is C17H16ClN3S. The third kappa shape index (κ3) is 4.69. The molecule has 2 rings (SSSR count). The highest BCUT2D eigenvalue weighted by molar-refractivity contribution is 7.80. The maximum atomic E-state index is 5.93. The summed E-state index contributed by atoms with van der Waals surface area (Å²) in [7, 11) is 0. The van der Waals surface area contributed by atoms with E-state index in [2.05, 4.69) is 10.5 Å². The molecule has 0 bridgehead atoms. The zero-order chi connectivity index (χ0) is 15.9. The van der Waals surface area contributed by atoms with Gasteiger partial charge in [-0.15, -0.1) is 0 Å². The van der Waals surface area contributed by atoms with Crippen LogP contribution in [0.4, 0.5) is 0 Å². The summed E-state index contributed by atoms with van der Waals surface area (Å²) < 4.78 is 0. The molecule has 0 saturated carbocycles. The van der Waals surface area contributed by atoms with Crippen LogP contribution in [0.15, 0.2) is 59.7 Å². The van der Waals surface area contributed by atoms with E-state index < -0.39 is 0 Å². The van der Waals surface area contributed by atoms with Crippen molar-refractivity contribution in [3.05, 3.63) is 70.7 Å². The molecular weight excluding hydrogens is 314 g/mol. The monoisotopic (exact) mass is 329 g/mol. The van der Waals surface area contributed by atoms with E-state index in [0.29, 0.717) is 5.02 Å². The number of nitrogens with zero attached hydrogens (tertiary/aromatic N) is 1. The summed E-state index contributed by atoms with van der Waals surface area (Å²) >= 11 is 10.7. The van der Waals surface area contributed by atoms with Gasteiger partial charge in [0.25, 0.3) is 0 Å². The largest absolute Gasteiger partial charge is 0.375 e. The van der Waals surface area contributed by atoms with Crippen molar-refractivity contribution in [1.82, 2.24) is 5.43 Å². The van der Waals surface area contributed by atoms with Crippen LogP contribution in [-0.4, -0.2) is 10.8 Å². The van der Waals surface area contributed by atoms with Crippen LogP contribution in [0, 0.1) is 0 Å². The molecule has 0 atom stereocenters. The lowest BCUT2D eigenvalue weighted by Crippen LogP contribution is -2.25. The van der Waals surface area contributed by atoms with Crippen LogP contribution in [-0.2, 0) is 0 Å². The summed E-state index contributed by atoms with van der Waals surface area (Å²) in [5.74, 6) is 0. The number of hydrogen-bond donors (Lipinski definition) is 2. The molecule has 5 heteroatoms. The molecule has 2 aromatic carbocycles. The number of allylic oxidation sites excluding steroid dienone is 1. The molecule has 0 unspecified atom stereocenters. The van der Waals surface area contributed by atoms with Crippen molar-refractivity contribution >= 4 is 46.3 Å². The lowest BCUT2D eigenvalue weighted by Gasteiger charge is -2.09. The average Bonchev–Trinajstić information content (AvgIpc) is 2.53. The van der Waals surface area contributed by atoms with E-state index in [4.69, 9.17) is 29.6 Å². The van der Waals surface area contributed by atoms with Crippen molar-refractivity contribution in [2.45, 2.75) is 6.92 Å². The Morgan fingerprint density at radius 2 is 1.77 bits per heavy atom. The van der Waals surface area contributed by atoms with Gasteiger partial charge in [-0.05, 0) is 48.5 Å². The first-order chi connectivity index (χ1) is 10.6. The molecule has 0 amide bonds. The fourth-order valence-electron chi connectivity index (χ4n) is 1.94. The van der Waals surface area contributed by atoms with Gasteiger partial charge < -0.3 is 5.73 Å². The number of benzene rings is 2. The zero-order valence-electron chi connectivity index (χ0n) is 12.1. The maximum Gasteiger partial charge on any atom is 0.184 e. The molecule has 0 heterocycles. The number of nitrogens with one attached hydrogen (secondary N) is 1. The van der Waals surface area contributed by atoms with Crippen LogP contribution in [0.5, 0.6) is 0 Å². The topological polar surface area (TPSA) is 50.4 Å². The van der Waals surface area contributed by atoms with Crippen LogP contribution in [0.3, 0.4) is 0 Å². The highest BCUT2D eigenvalue weighted by Gasteiger charge is 2.06. The van der Waals surface area contributed by atoms with Crippen molar-refractivity contribution in [3.8, 4) is 0 Å². The van der Waals surface area contributed by atoms with E-state index in [1.165, 1.54) is 0 Å². The Kier molecular flexibility index (Phi) is 5.69. The van der Waals surface area contributed by atoms with Crippen molar-refractivity contribution in [2.24, 2.45) is 10.8 Å². The van der Waals surface area contributed by atoms with Crippen LogP contribution < -0.4 is 11.2 Å². The van der Waals surface area contributed by atoms with Crippen molar-refractivity contribution in [1.29, 1.82) is 0 Å². The van der Waals surface area contributed by atoms with Gasteiger partial charge in [0.15, 0.2) is 5.11 Å². The van der Waals surface area contributed by atoms with E-state index in [1.54, 1.807) is 0 Å². The van der Waals surface area contributed by atoms with E-state index in [-0.39, 0.29) is 5.11 Å². The minimum atomic E-state index is 0.137. The lowest BCUT2D eigenvalue weighted by atomic mass is 9.99. The number of hydrazone groups is 1. The van der Waals surface area contributed by atoms with E-state index in [1.807, 2.05) is 67.6 Å². The Hall–Kier alpha value is -2.17. The number of rotatable bonds is 4. The molecule has 0 saturated heterocycles. The minimum Gasteiger partial charge on any atom is -0.375 e. The van der Waals surface area contributed by atoms with E-state index >= 15 is 0 Å². The van der Waals surface area contributed by atoms with Crippen LogP contribution in [0.2, 0.25) is 5.02 Å². The van der Waals surface area contributed by atoms with E-state index in [0.717, 1.165) is 22.4 Å². The zero-order valence-corrected chi connectivity index (χ0v) is 13.7. The highest BCUT2D eigenvalue weighted by Crippen LogP contribution is 2.21. The molecule has 3 N–H and O–H groups in total. The molecule has 0 fully saturated rings. The number of nitrogens with two attached hydrogens (primary N) is 1. The normalized spacial score (nSPS) is 12.1. The first-order valence-electron chi connectivity index (χ1n) is 6.69. The Labute approximate surface area is 140 Å². The van der Waals surface area contributed by atoms with Gasteiger partial charge in [0.05, 0.1) is 5.71 Å². The molecule has 112 valence electrons. The summed E-state index contributed by atoms with van der Waals surface area (Å²) in [5.41, 5.74) is 11.9. The molecule has 0 aliphatic rings. The number of hydrogen-bond acceptors (Lipinski definition) is 2. The smallest absolute Gasteiger partial charge is 0.184 e. The Bertz CT molecular complexity index is 706. The quantitative estimate of drug-likeness (QED) is 0.384. The standard InChI is InChI=1S/C17H16ClN3S/c1-12(20-21-17(19)22)16(14-5-3-2-4-6-14)11-13-7-9-15(18)10-8-13/h2-11H,1H3,(H3,19,21,22)/b16-11+,20-12-. The summed E-state index contributed by atoms with van der Waals surface area (Å²) in [6.45, 7) is 1.90. The molecule has 0 aliphatic carbocycles. The molecule has 0 aromatic heterocycles. The van der Waals surface area contributed by atoms with Gasteiger partial charge in [-0.3, -0.25) is 5.43 Å². The molecule has 0 radical (unpaired) electrons. The Balaban J connectivity index is 2.43. The lowest BCUT2D eigenvalue weighted by molar-refractivity contribution is 1.03. The van der Waals surface area contributed by atoms with Gasteiger partial charge >= 0.3 is 0 Å². The molecule has 2 aromatic rings. The third-order valence-corrected chi connectivity index (χ3v) is 3.33. The third-order valence-electron chi connectivity index (χ3n) is 2.99. The van der Waals surface area contributed by atoms with Gasteiger partial charge in [0, 0.05) is 10.6 Å². The van der Waals surface area contributed by atoms with Gasteiger partial charge in [0.1, 0.15) is 0 Å². The first kappa shape index (κ1) is 16.2. The van der Waals surface area contributed by atoms with Gasteiger partial charge in [0.2, 0.25) is 0 Å². The SMILES string of the molecule is CC(=N/NC(N)=S)/C(=C\c1ccc(Cl)cc1)c1ccccc1. The summed E-state index contributed by atoms with van der Waals surface area (Å²) in [5, 5.41) is 5.06. The van der Waals surface area contributed by atoms with Crippen LogP contribution >= 0.6 is 23.8 Å². The van der Waals surface area contributed by atoms with Gasteiger partial charge in [-0.2, -0.15) is 5.10 Å². The summed E-state index contributed by atoms with van der Waals surface area (Å²) in [6, 6.07) is 17.6. The van der Waals surface area contributed by atoms with Gasteiger partial charge in [-0.25, -0.2) is 0 Å². The van der Waals surface area contributed by atoms with Gasteiger partial charge in [-0.1, -0.05) is 54.1 Å². The van der Waals surface area contributed by atoms with E-state index in [9.17, 15) is 0 Å². The predicted molar refractivity (Wildman–Crippen MR) is 98.8 cm³/mol. The van der Waals surface area contributed by atoms with Crippen molar-refractivity contribution < 1.29 is 0 Å². The molecule has 3 nitrogen and oxygen atoms in total. The van der Waals surface area contributed by atoms with Crippen LogP contribution in [0.1, 0.15) is 18.1 Å². The Morgan fingerprint density at radius 3 is 2.36 bits per heavy atom. The second-order valence-electron chi connectivity index (χ2n) is 4.65. The number of thiocarbonyl (C=S) groups is 1. The van der Waals surface area contributed by atoms with Crippen LogP contribution in [0.25, 0.3) is 11.6 Å². The fourth-order valence-corrected chi connectivity index (χ4v) is 2.11. The maximum absolute atomic E-state index is 5.93. The fraction of sp³-hybridized carbons (Fsp3) is 0.0588. The highest BCUT2D eigenvalue weighted by atomic mass is 35.5. The average molecular weight is 330 g/mol. The Morgan fingerprint density at radius 1 is 1.14 bits per heavy atom. The summed E-state index contributed by atoms with van der Waals surface area (Å²) in [4.78, 5) is 0. The van der Waals surface area contributed by atoms with Crippen molar-refractivity contribution in [2.75, 3.05) is 0 Å². The first-order valence-corrected chi connectivity index (χ1v) is 7.47. The predicted octanol–water partition coefficient (Wildman–Crippen LogP) is 4.09. The van der Waals surface area contributed by atoms with Crippen molar-refractivity contribution in [3.63, 3.8) is 0 Å². The molecule has 22 heavy (non-hydrogen) atoms. The number of halogens is 1. The molecule has 0 spiro atoms. The summed E-state index contributed by atoms with van der Waals surface area (Å²) in [6.07, 6.45) is 2.05.